The first-order valence-corrected chi connectivity index (χ1v) is 9.38. The molecule has 3 fully saturated rings. The van der Waals surface area contributed by atoms with Gasteiger partial charge in [-0.2, -0.15) is 0 Å². The van der Waals surface area contributed by atoms with E-state index in [1.807, 2.05) is 13.0 Å². The van der Waals surface area contributed by atoms with Gasteiger partial charge in [-0.05, 0) is 45.2 Å². The first-order chi connectivity index (χ1) is 11.9. The number of carbonyl (C=O) groups excluding carboxylic acids is 1. The van der Waals surface area contributed by atoms with E-state index < -0.39 is 5.60 Å². The molecular weight excluding hydrogens is 320 g/mol. The monoisotopic (exact) mass is 348 g/mol. The molecule has 3 N–H and O–H groups in total. The van der Waals surface area contributed by atoms with Crippen LogP contribution in [0.3, 0.4) is 0 Å². The third-order valence-corrected chi connectivity index (χ3v) is 6.44. The predicted octanol–water partition coefficient (Wildman–Crippen LogP) is 2.44. The number of furan rings is 1. The Morgan fingerprint density at radius 3 is 2.84 bits per heavy atom. The molecule has 25 heavy (non-hydrogen) atoms. The molecule has 2 heterocycles. The first-order valence-electron chi connectivity index (χ1n) is 9.38. The van der Waals surface area contributed by atoms with Crippen LogP contribution in [0.5, 0.6) is 0 Å². The molecule has 0 aromatic carbocycles. The molecule has 3 aliphatic rings. The molecule has 138 valence electrons. The van der Waals surface area contributed by atoms with Gasteiger partial charge in [0.05, 0.1) is 12.6 Å². The fourth-order valence-corrected chi connectivity index (χ4v) is 5.16. The van der Waals surface area contributed by atoms with Gasteiger partial charge in [0.25, 0.3) is 0 Å². The molecule has 6 heteroatoms. The summed E-state index contributed by atoms with van der Waals surface area (Å²) in [6, 6.07) is 3.53. The molecule has 1 aromatic heterocycles. The van der Waals surface area contributed by atoms with Crippen LogP contribution in [0.15, 0.2) is 16.5 Å². The van der Waals surface area contributed by atoms with Gasteiger partial charge in [-0.3, -0.25) is 0 Å². The summed E-state index contributed by atoms with van der Waals surface area (Å²) in [5.41, 5.74) is -1.09. The number of hydrogen-bond acceptors (Lipinski definition) is 4. The maximum Gasteiger partial charge on any atom is 0.315 e. The summed E-state index contributed by atoms with van der Waals surface area (Å²) < 4.78 is 11.4. The summed E-state index contributed by atoms with van der Waals surface area (Å²) in [6.45, 7) is 4.39. The van der Waals surface area contributed by atoms with Gasteiger partial charge >= 0.3 is 6.03 Å². The van der Waals surface area contributed by atoms with Crippen LogP contribution in [-0.4, -0.2) is 36.4 Å². The minimum atomic E-state index is -1.23. The summed E-state index contributed by atoms with van der Waals surface area (Å²) in [6.07, 6.45) is 6.08. The Morgan fingerprint density at radius 2 is 2.16 bits per heavy atom. The number of ether oxygens (including phenoxy) is 1. The molecule has 6 nitrogen and oxygen atoms in total. The van der Waals surface area contributed by atoms with Gasteiger partial charge in [-0.15, -0.1) is 0 Å². The van der Waals surface area contributed by atoms with E-state index in [0.29, 0.717) is 17.8 Å². The smallest absolute Gasteiger partial charge is 0.315 e. The standard InChI is InChI=1S/C19H28N2O4/c1-12-5-6-14(25-12)18(2,23)11-20-17(22)21-15-13-7-10-24-16(13)19(15)8-3-4-9-19/h5-6,13,15-16,23H,3-4,7-11H2,1-2H3,(H2,20,21,22). The second-order valence-corrected chi connectivity index (χ2v) is 8.17. The van der Waals surface area contributed by atoms with E-state index in [0.717, 1.165) is 31.6 Å². The molecule has 2 saturated carbocycles. The molecule has 4 atom stereocenters. The molecule has 2 aliphatic carbocycles. The molecule has 1 spiro atoms. The Balaban J connectivity index is 1.36. The fourth-order valence-electron chi connectivity index (χ4n) is 5.16. The van der Waals surface area contributed by atoms with Crippen molar-refractivity contribution in [2.75, 3.05) is 13.2 Å². The summed E-state index contributed by atoms with van der Waals surface area (Å²) in [7, 11) is 0. The highest BCUT2D eigenvalue weighted by Crippen LogP contribution is 2.60. The summed E-state index contributed by atoms with van der Waals surface area (Å²) in [4.78, 5) is 12.5. The van der Waals surface area contributed by atoms with Crippen molar-refractivity contribution in [3.05, 3.63) is 23.7 Å². The lowest BCUT2D eigenvalue weighted by atomic mass is 9.54. The lowest BCUT2D eigenvalue weighted by molar-refractivity contribution is -0.126. The van der Waals surface area contributed by atoms with Crippen LogP contribution in [0.1, 0.15) is 50.5 Å². The normalized spacial score (nSPS) is 32.0. The highest BCUT2D eigenvalue weighted by atomic mass is 16.5. The van der Waals surface area contributed by atoms with Gasteiger partial charge in [0.1, 0.15) is 17.1 Å². The Bertz CT molecular complexity index is 648. The number of urea groups is 1. The van der Waals surface area contributed by atoms with Crippen molar-refractivity contribution in [2.24, 2.45) is 11.3 Å². The van der Waals surface area contributed by atoms with E-state index >= 15 is 0 Å². The summed E-state index contributed by atoms with van der Waals surface area (Å²) >= 11 is 0. The molecule has 1 saturated heterocycles. The van der Waals surface area contributed by atoms with E-state index in [-0.39, 0.29) is 24.0 Å². The number of nitrogens with one attached hydrogen (secondary N) is 2. The van der Waals surface area contributed by atoms with Crippen molar-refractivity contribution in [3.63, 3.8) is 0 Å². The Morgan fingerprint density at radius 1 is 1.40 bits per heavy atom. The largest absolute Gasteiger partial charge is 0.463 e. The van der Waals surface area contributed by atoms with Crippen molar-refractivity contribution in [2.45, 2.75) is 63.7 Å². The van der Waals surface area contributed by atoms with Gasteiger partial charge in [0, 0.05) is 24.0 Å². The van der Waals surface area contributed by atoms with Crippen LogP contribution < -0.4 is 10.6 Å². The molecule has 1 aliphatic heterocycles. The van der Waals surface area contributed by atoms with E-state index in [1.165, 1.54) is 12.8 Å². The van der Waals surface area contributed by atoms with Gasteiger partial charge in [-0.1, -0.05) is 12.8 Å². The van der Waals surface area contributed by atoms with Crippen LogP contribution in [0.25, 0.3) is 0 Å². The van der Waals surface area contributed by atoms with Gasteiger partial charge in [0.2, 0.25) is 0 Å². The second kappa shape index (κ2) is 6.02. The van der Waals surface area contributed by atoms with Crippen LogP contribution in [0, 0.1) is 18.3 Å². The van der Waals surface area contributed by atoms with E-state index in [2.05, 4.69) is 10.6 Å². The molecule has 2 amide bonds. The van der Waals surface area contributed by atoms with E-state index in [1.54, 1.807) is 13.0 Å². The predicted molar refractivity (Wildman–Crippen MR) is 92.1 cm³/mol. The van der Waals surface area contributed by atoms with Crippen molar-refractivity contribution < 1.29 is 19.1 Å². The minimum Gasteiger partial charge on any atom is -0.463 e. The molecule has 0 bridgehead atoms. The van der Waals surface area contributed by atoms with Crippen molar-refractivity contribution in [1.29, 1.82) is 0 Å². The Hall–Kier alpha value is -1.53. The van der Waals surface area contributed by atoms with Crippen LogP contribution in [0.2, 0.25) is 0 Å². The lowest BCUT2D eigenvalue weighted by Gasteiger charge is -2.56. The third-order valence-electron chi connectivity index (χ3n) is 6.44. The van der Waals surface area contributed by atoms with Crippen LogP contribution in [0.4, 0.5) is 4.79 Å². The lowest BCUT2D eigenvalue weighted by Crippen LogP contribution is -2.69. The molecular formula is C19H28N2O4. The number of rotatable bonds is 4. The third kappa shape index (κ3) is 2.75. The maximum absolute atomic E-state index is 12.5. The Labute approximate surface area is 148 Å². The molecule has 0 radical (unpaired) electrons. The first kappa shape index (κ1) is 16.9. The number of fused-ring (bicyclic) bond motifs is 2. The number of carbonyl (C=O) groups is 1. The molecule has 1 aromatic rings. The summed E-state index contributed by atoms with van der Waals surface area (Å²) in [5.74, 6) is 1.65. The summed E-state index contributed by atoms with van der Waals surface area (Å²) in [5, 5.41) is 16.5. The number of amides is 2. The number of aliphatic hydroxyl groups is 1. The minimum absolute atomic E-state index is 0.107. The average Bonchev–Trinajstić information content (AvgIpc) is 3.29. The molecule has 4 rings (SSSR count). The number of hydrogen-bond donors (Lipinski definition) is 3. The van der Waals surface area contributed by atoms with Gasteiger partial charge in [-0.25, -0.2) is 4.79 Å². The fraction of sp³-hybridized carbons (Fsp3) is 0.737. The van der Waals surface area contributed by atoms with Crippen molar-refractivity contribution >= 4 is 6.03 Å². The maximum atomic E-state index is 12.5. The zero-order valence-electron chi connectivity index (χ0n) is 15.0. The van der Waals surface area contributed by atoms with Crippen molar-refractivity contribution in [1.82, 2.24) is 10.6 Å². The average molecular weight is 348 g/mol. The SMILES string of the molecule is Cc1ccc(C(C)(O)CNC(=O)NC2C3CCOC3C23CCCC3)o1. The van der Waals surface area contributed by atoms with Crippen LogP contribution >= 0.6 is 0 Å². The van der Waals surface area contributed by atoms with Gasteiger partial charge in [0.15, 0.2) is 0 Å². The quantitative estimate of drug-likeness (QED) is 0.780. The highest BCUT2D eigenvalue weighted by Gasteiger charge is 2.65. The molecule has 4 unspecified atom stereocenters. The topological polar surface area (TPSA) is 83.7 Å². The highest BCUT2D eigenvalue weighted by molar-refractivity contribution is 5.74. The zero-order chi connectivity index (χ0) is 17.7. The van der Waals surface area contributed by atoms with Crippen molar-refractivity contribution in [3.8, 4) is 0 Å². The Kier molecular flexibility index (Phi) is 4.07. The van der Waals surface area contributed by atoms with Crippen LogP contribution in [-0.2, 0) is 10.3 Å². The number of aryl methyl sites for hydroxylation is 1. The second-order valence-electron chi connectivity index (χ2n) is 8.17. The van der Waals surface area contributed by atoms with Gasteiger partial charge < -0.3 is 24.9 Å². The zero-order valence-corrected chi connectivity index (χ0v) is 15.0. The van der Waals surface area contributed by atoms with E-state index in [9.17, 15) is 9.90 Å². The van der Waals surface area contributed by atoms with E-state index in [4.69, 9.17) is 9.15 Å².